The van der Waals surface area contributed by atoms with Crippen LogP contribution in [0.2, 0.25) is 0 Å². The number of fused-ring (bicyclic) bond motifs is 1. The monoisotopic (exact) mass is 383 g/mol. The maximum Gasteiger partial charge on any atom is 0.238 e. The molecule has 0 aliphatic heterocycles. The van der Waals surface area contributed by atoms with E-state index in [-0.39, 0.29) is 4.90 Å². The lowest BCUT2D eigenvalue weighted by Gasteiger charge is -2.12. The average Bonchev–Trinajstić information content (AvgIpc) is 2.98. The summed E-state index contributed by atoms with van der Waals surface area (Å²) in [5.41, 5.74) is 2.73. The number of rotatable bonds is 6. The Morgan fingerprint density at radius 3 is 2.63 bits per heavy atom. The first-order valence-electron chi connectivity index (χ1n) is 8.64. The van der Waals surface area contributed by atoms with Crippen molar-refractivity contribution in [1.82, 2.24) is 4.57 Å². The fourth-order valence-electron chi connectivity index (χ4n) is 3.24. The molecule has 0 spiro atoms. The third-order valence-electron chi connectivity index (χ3n) is 4.55. The molecule has 7 heteroatoms. The number of ether oxygens (including phenoxy) is 1. The van der Waals surface area contributed by atoms with Crippen molar-refractivity contribution in [2.24, 2.45) is 5.14 Å². The van der Waals surface area contributed by atoms with Crippen molar-refractivity contribution in [3.8, 4) is 23.1 Å². The van der Waals surface area contributed by atoms with E-state index in [2.05, 4.69) is 17.6 Å². The number of unbranched alkanes of at least 4 members (excludes halogenated alkanes) is 1. The predicted molar refractivity (Wildman–Crippen MR) is 105 cm³/mol. The van der Waals surface area contributed by atoms with E-state index in [4.69, 9.17) is 9.88 Å². The number of aromatic nitrogens is 1. The molecule has 0 amide bonds. The summed E-state index contributed by atoms with van der Waals surface area (Å²) in [6, 6.07) is 14.3. The summed E-state index contributed by atoms with van der Waals surface area (Å²) < 4.78 is 30.9. The van der Waals surface area contributed by atoms with E-state index in [1.807, 2.05) is 18.2 Å². The molecule has 3 rings (SSSR count). The Morgan fingerprint density at radius 1 is 1.22 bits per heavy atom. The third-order valence-corrected chi connectivity index (χ3v) is 5.47. The van der Waals surface area contributed by atoms with Crippen molar-refractivity contribution in [1.29, 1.82) is 5.26 Å². The Labute approximate surface area is 158 Å². The minimum absolute atomic E-state index is 0.0220. The Balaban J connectivity index is 2.36. The second-order valence-corrected chi connectivity index (χ2v) is 7.86. The molecule has 0 bridgehead atoms. The first kappa shape index (κ1) is 19.0. The van der Waals surface area contributed by atoms with Crippen LogP contribution >= 0.6 is 0 Å². The van der Waals surface area contributed by atoms with Gasteiger partial charge in [0, 0.05) is 23.6 Å². The smallest absolute Gasteiger partial charge is 0.238 e. The number of methoxy groups -OCH3 is 1. The Hall–Kier alpha value is -2.82. The number of primary sulfonamides is 1. The van der Waals surface area contributed by atoms with Crippen LogP contribution in [0.1, 0.15) is 25.3 Å². The number of benzene rings is 2. The SMILES string of the molecule is CCCCn1c(-c2cccc(S(N)(=O)=O)c2)c(C#N)c2ccc(OC)cc21. The number of nitriles is 1. The van der Waals surface area contributed by atoms with E-state index in [0.29, 0.717) is 29.1 Å². The largest absolute Gasteiger partial charge is 0.497 e. The van der Waals surface area contributed by atoms with Gasteiger partial charge in [0.1, 0.15) is 11.8 Å². The maximum absolute atomic E-state index is 11.8. The lowest BCUT2D eigenvalue weighted by molar-refractivity contribution is 0.415. The molecule has 0 fully saturated rings. The molecule has 0 aliphatic carbocycles. The highest BCUT2D eigenvalue weighted by Crippen LogP contribution is 2.36. The minimum atomic E-state index is -3.84. The molecule has 2 aromatic carbocycles. The number of sulfonamides is 1. The topological polar surface area (TPSA) is 98.1 Å². The highest BCUT2D eigenvalue weighted by molar-refractivity contribution is 7.89. The van der Waals surface area contributed by atoms with Gasteiger partial charge in [-0.15, -0.1) is 0 Å². The van der Waals surface area contributed by atoms with Gasteiger partial charge in [0.15, 0.2) is 0 Å². The van der Waals surface area contributed by atoms with Crippen LogP contribution in [-0.4, -0.2) is 20.1 Å². The van der Waals surface area contributed by atoms with Crippen LogP contribution in [-0.2, 0) is 16.6 Å². The summed E-state index contributed by atoms with van der Waals surface area (Å²) >= 11 is 0. The molecule has 1 heterocycles. The molecule has 0 aliphatic rings. The molecule has 27 heavy (non-hydrogen) atoms. The van der Waals surface area contributed by atoms with E-state index < -0.39 is 10.0 Å². The van der Waals surface area contributed by atoms with Gasteiger partial charge in [-0.05, 0) is 30.7 Å². The fraction of sp³-hybridized carbons (Fsp3) is 0.250. The molecule has 0 saturated carbocycles. The van der Waals surface area contributed by atoms with Crippen LogP contribution in [0.15, 0.2) is 47.4 Å². The van der Waals surface area contributed by atoms with Gasteiger partial charge in [0.05, 0.1) is 28.8 Å². The van der Waals surface area contributed by atoms with E-state index in [9.17, 15) is 13.7 Å². The molecule has 140 valence electrons. The van der Waals surface area contributed by atoms with Crippen LogP contribution in [0, 0.1) is 11.3 Å². The van der Waals surface area contributed by atoms with Gasteiger partial charge in [-0.3, -0.25) is 0 Å². The van der Waals surface area contributed by atoms with Crippen molar-refractivity contribution >= 4 is 20.9 Å². The number of aryl methyl sites for hydroxylation is 1. The van der Waals surface area contributed by atoms with Crippen molar-refractivity contribution in [3.63, 3.8) is 0 Å². The van der Waals surface area contributed by atoms with Gasteiger partial charge in [0.2, 0.25) is 10.0 Å². The number of nitrogens with two attached hydrogens (primary N) is 1. The molecule has 0 saturated heterocycles. The van der Waals surface area contributed by atoms with Crippen LogP contribution in [0.25, 0.3) is 22.2 Å². The average molecular weight is 383 g/mol. The van der Waals surface area contributed by atoms with Gasteiger partial charge < -0.3 is 9.30 Å². The molecule has 0 radical (unpaired) electrons. The van der Waals surface area contributed by atoms with Gasteiger partial charge in [-0.2, -0.15) is 5.26 Å². The second kappa shape index (κ2) is 7.43. The highest BCUT2D eigenvalue weighted by Gasteiger charge is 2.20. The van der Waals surface area contributed by atoms with Crippen LogP contribution in [0.5, 0.6) is 5.75 Å². The lowest BCUT2D eigenvalue weighted by atomic mass is 10.1. The molecule has 0 atom stereocenters. The molecule has 1 aromatic heterocycles. The molecular formula is C20H21N3O3S. The normalized spacial score (nSPS) is 11.5. The van der Waals surface area contributed by atoms with E-state index in [0.717, 1.165) is 23.7 Å². The van der Waals surface area contributed by atoms with Gasteiger partial charge in [-0.1, -0.05) is 25.5 Å². The summed E-state index contributed by atoms with van der Waals surface area (Å²) in [4.78, 5) is 0.0220. The molecule has 2 N–H and O–H groups in total. The first-order valence-corrected chi connectivity index (χ1v) is 10.2. The van der Waals surface area contributed by atoms with Crippen molar-refractivity contribution < 1.29 is 13.2 Å². The maximum atomic E-state index is 11.8. The number of hydrogen-bond acceptors (Lipinski definition) is 4. The lowest BCUT2D eigenvalue weighted by Crippen LogP contribution is -2.12. The van der Waals surface area contributed by atoms with Gasteiger partial charge in [0.25, 0.3) is 0 Å². The van der Waals surface area contributed by atoms with Crippen LogP contribution in [0.4, 0.5) is 0 Å². The quantitative estimate of drug-likeness (QED) is 0.702. The van der Waals surface area contributed by atoms with Crippen LogP contribution < -0.4 is 9.88 Å². The third kappa shape index (κ3) is 3.54. The fourth-order valence-corrected chi connectivity index (χ4v) is 3.80. The van der Waals surface area contributed by atoms with Gasteiger partial charge >= 0.3 is 0 Å². The van der Waals surface area contributed by atoms with Crippen molar-refractivity contribution in [3.05, 3.63) is 48.0 Å². The Kier molecular flexibility index (Phi) is 5.22. The molecular weight excluding hydrogens is 362 g/mol. The van der Waals surface area contributed by atoms with Crippen LogP contribution in [0.3, 0.4) is 0 Å². The number of nitrogens with zero attached hydrogens (tertiary/aromatic N) is 2. The van der Waals surface area contributed by atoms with E-state index >= 15 is 0 Å². The summed E-state index contributed by atoms with van der Waals surface area (Å²) in [7, 11) is -2.24. The predicted octanol–water partition coefficient (Wildman–Crippen LogP) is 3.64. The summed E-state index contributed by atoms with van der Waals surface area (Å²) in [5.74, 6) is 0.701. The summed E-state index contributed by atoms with van der Waals surface area (Å²) in [5, 5.41) is 15.9. The standard InChI is InChI=1S/C20H21N3O3S/c1-3-4-10-23-19-12-15(26-2)8-9-17(19)18(13-21)20(23)14-6-5-7-16(11-14)27(22,24)25/h5-9,11-12H,3-4,10H2,1-2H3,(H2,22,24,25). The van der Waals surface area contributed by atoms with Gasteiger partial charge in [-0.25, -0.2) is 13.6 Å². The Bertz CT molecular complexity index is 1140. The van der Waals surface area contributed by atoms with Crippen molar-refractivity contribution in [2.75, 3.05) is 7.11 Å². The first-order chi connectivity index (χ1) is 12.9. The summed E-state index contributed by atoms with van der Waals surface area (Å²) in [6.07, 6.45) is 1.91. The minimum Gasteiger partial charge on any atom is -0.497 e. The van der Waals surface area contributed by atoms with Crippen molar-refractivity contribution in [2.45, 2.75) is 31.2 Å². The zero-order chi connectivity index (χ0) is 19.6. The molecule has 3 aromatic rings. The zero-order valence-electron chi connectivity index (χ0n) is 15.3. The van der Waals surface area contributed by atoms with E-state index in [1.54, 1.807) is 19.2 Å². The Morgan fingerprint density at radius 2 is 2.00 bits per heavy atom. The number of hydrogen-bond donors (Lipinski definition) is 1. The van der Waals surface area contributed by atoms with E-state index in [1.165, 1.54) is 12.1 Å². The molecule has 0 unspecified atom stereocenters. The molecule has 6 nitrogen and oxygen atoms in total. The second-order valence-electron chi connectivity index (χ2n) is 6.30. The zero-order valence-corrected chi connectivity index (χ0v) is 16.1. The highest BCUT2D eigenvalue weighted by atomic mass is 32.2. The summed E-state index contributed by atoms with van der Waals surface area (Å²) in [6.45, 7) is 2.80.